The first-order chi connectivity index (χ1) is 18.5. The van der Waals surface area contributed by atoms with Crippen molar-refractivity contribution >= 4 is 17.5 Å². The maximum absolute atomic E-state index is 10.2. The van der Waals surface area contributed by atoms with Crippen molar-refractivity contribution in [3.05, 3.63) is 73.0 Å². The van der Waals surface area contributed by atoms with Crippen LogP contribution >= 0.6 is 0 Å². The van der Waals surface area contributed by atoms with Crippen LogP contribution in [-0.4, -0.2) is 55.9 Å². The van der Waals surface area contributed by atoms with E-state index in [1.807, 2.05) is 36.5 Å². The monoisotopic (exact) mass is 508 g/mol. The zero-order chi connectivity index (χ0) is 26.1. The summed E-state index contributed by atoms with van der Waals surface area (Å²) in [5.41, 5.74) is 2.75. The van der Waals surface area contributed by atoms with E-state index in [0.717, 1.165) is 67.3 Å². The lowest BCUT2D eigenvalue weighted by molar-refractivity contribution is 0.0857. The standard InChI is InChI=1S/C29H28N6O3/c1-2-21-4-5-24(18-31-21)38-23-7-11-34(12-8-23)27-6-3-20(16-32-27)26-13-25(37-19-29(36)9-10-29)14-28-33-17-22(15-30)35(26)28/h2-6,13-14,16-18,23,36H,1,7-12,19H2. The number of nitriles is 1. The molecule has 0 atom stereocenters. The van der Waals surface area contributed by atoms with Gasteiger partial charge in [0.05, 0.1) is 29.4 Å². The number of nitrogens with zero attached hydrogens (tertiary/aromatic N) is 6. The van der Waals surface area contributed by atoms with Crippen LogP contribution in [0.15, 0.2) is 61.6 Å². The van der Waals surface area contributed by atoms with Crippen molar-refractivity contribution in [2.45, 2.75) is 37.4 Å². The second kappa shape index (κ2) is 9.80. The molecule has 9 heteroatoms. The molecular weight excluding hydrogens is 480 g/mol. The van der Waals surface area contributed by atoms with Gasteiger partial charge in [-0.15, -0.1) is 0 Å². The highest BCUT2D eigenvalue weighted by Crippen LogP contribution is 2.36. The third-order valence-electron chi connectivity index (χ3n) is 7.11. The fourth-order valence-electron chi connectivity index (χ4n) is 4.67. The van der Waals surface area contributed by atoms with Gasteiger partial charge in [-0.05, 0) is 43.2 Å². The fourth-order valence-corrected chi connectivity index (χ4v) is 4.67. The number of anilines is 1. The summed E-state index contributed by atoms with van der Waals surface area (Å²) in [6.45, 7) is 5.65. The summed E-state index contributed by atoms with van der Waals surface area (Å²) in [5.74, 6) is 2.27. The highest BCUT2D eigenvalue weighted by Gasteiger charge is 2.41. The van der Waals surface area contributed by atoms with Crippen LogP contribution in [0, 0.1) is 11.3 Å². The Bertz CT molecular complexity index is 1490. The van der Waals surface area contributed by atoms with Gasteiger partial charge in [-0.2, -0.15) is 5.26 Å². The van der Waals surface area contributed by atoms with Crippen molar-refractivity contribution in [1.29, 1.82) is 5.26 Å². The largest absolute Gasteiger partial charge is 0.490 e. The first-order valence-corrected chi connectivity index (χ1v) is 12.8. The Morgan fingerprint density at radius 2 is 1.89 bits per heavy atom. The van der Waals surface area contributed by atoms with E-state index in [1.165, 1.54) is 0 Å². The van der Waals surface area contributed by atoms with Crippen LogP contribution in [-0.2, 0) is 0 Å². The second-order valence-electron chi connectivity index (χ2n) is 9.87. The van der Waals surface area contributed by atoms with E-state index in [9.17, 15) is 10.4 Å². The molecule has 4 aromatic heterocycles. The lowest BCUT2D eigenvalue weighted by Crippen LogP contribution is -2.38. The van der Waals surface area contributed by atoms with Crippen molar-refractivity contribution in [2.24, 2.45) is 0 Å². The SMILES string of the molecule is C=Cc1ccc(OC2CCN(c3ccc(-c4cc(OCC5(O)CC5)cc5ncc(C#N)n45)cn3)CC2)cn1. The van der Waals surface area contributed by atoms with Gasteiger partial charge in [-0.1, -0.05) is 6.58 Å². The summed E-state index contributed by atoms with van der Waals surface area (Å²) in [6, 6.07) is 13.7. The van der Waals surface area contributed by atoms with E-state index in [1.54, 1.807) is 28.9 Å². The zero-order valence-electron chi connectivity index (χ0n) is 21.0. The summed E-state index contributed by atoms with van der Waals surface area (Å²) in [6.07, 6.45) is 10.2. The summed E-state index contributed by atoms with van der Waals surface area (Å²) in [5, 5.41) is 19.8. The van der Waals surface area contributed by atoms with Gasteiger partial charge in [-0.3, -0.25) is 9.38 Å². The Morgan fingerprint density at radius 3 is 2.55 bits per heavy atom. The molecule has 9 nitrogen and oxygen atoms in total. The number of rotatable bonds is 8. The second-order valence-corrected chi connectivity index (χ2v) is 9.87. The average Bonchev–Trinajstić information content (AvgIpc) is 3.56. The molecule has 2 aliphatic rings. The van der Waals surface area contributed by atoms with Gasteiger partial charge in [0, 0.05) is 49.8 Å². The van der Waals surface area contributed by atoms with Gasteiger partial charge in [-0.25, -0.2) is 9.97 Å². The van der Waals surface area contributed by atoms with Gasteiger partial charge in [0.2, 0.25) is 0 Å². The number of piperidine rings is 1. The third-order valence-corrected chi connectivity index (χ3v) is 7.11. The van der Waals surface area contributed by atoms with Crippen LogP contribution in [0.4, 0.5) is 5.82 Å². The number of hydrogen-bond donors (Lipinski definition) is 1. The summed E-state index contributed by atoms with van der Waals surface area (Å²) < 4.78 is 13.8. The van der Waals surface area contributed by atoms with Crippen LogP contribution < -0.4 is 14.4 Å². The topological polar surface area (TPSA) is 109 Å². The number of ether oxygens (including phenoxy) is 2. The molecule has 1 aliphatic heterocycles. The molecule has 0 unspecified atom stereocenters. The Hall–Kier alpha value is -4.42. The number of pyridine rings is 3. The Labute approximate surface area is 220 Å². The number of imidazole rings is 1. The maximum Gasteiger partial charge on any atom is 0.145 e. The molecular formula is C29H28N6O3. The first-order valence-electron chi connectivity index (χ1n) is 12.8. The normalized spacial score (nSPS) is 16.7. The lowest BCUT2D eigenvalue weighted by Gasteiger charge is -2.33. The number of hydrogen-bond acceptors (Lipinski definition) is 8. The predicted molar refractivity (Wildman–Crippen MR) is 143 cm³/mol. The van der Waals surface area contributed by atoms with Gasteiger partial charge in [0.25, 0.3) is 0 Å². The minimum absolute atomic E-state index is 0.136. The van der Waals surface area contributed by atoms with E-state index in [-0.39, 0.29) is 12.7 Å². The molecule has 0 amide bonds. The highest BCUT2D eigenvalue weighted by atomic mass is 16.5. The van der Waals surface area contributed by atoms with Crippen LogP contribution in [0.1, 0.15) is 37.1 Å². The molecule has 1 saturated carbocycles. The molecule has 0 spiro atoms. The molecule has 6 rings (SSSR count). The molecule has 2 fully saturated rings. The molecule has 1 aliphatic carbocycles. The van der Waals surface area contributed by atoms with Crippen molar-refractivity contribution in [3.63, 3.8) is 0 Å². The molecule has 0 radical (unpaired) electrons. The van der Waals surface area contributed by atoms with Crippen LogP contribution in [0.2, 0.25) is 0 Å². The average molecular weight is 509 g/mol. The molecule has 5 heterocycles. The van der Waals surface area contributed by atoms with Crippen LogP contribution in [0.25, 0.3) is 23.0 Å². The number of aromatic nitrogens is 4. The lowest BCUT2D eigenvalue weighted by atomic mass is 10.1. The van der Waals surface area contributed by atoms with Gasteiger partial charge in [0.15, 0.2) is 0 Å². The van der Waals surface area contributed by atoms with E-state index in [2.05, 4.69) is 27.5 Å². The van der Waals surface area contributed by atoms with Gasteiger partial charge >= 0.3 is 0 Å². The van der Waals surface area contributed by atoms with Crippen molar-refractivity contribution < 1.29 is 14.6 Å². The quantitative estimate of drug-likeness (QED) is 0.376. The number of fused-ring (bicyclic) bond motifs is 1. The predicted octanol–water partition coefficient (Wildman–Crippen LogP) is 4.26. The highest BCUT2D eigenvalue weighted by molar-refractivity contribution is 5.68. The first kappa shape index (κ1) is 23.9. The van der Waals surface area contributed by atoms with Crippen molar-refractivity contribution in [1.82, 2.24) is 19.4 Å². The van der Waals surface area contributed by atoms with E-state index in [0.29, 0.717) is 17.1 Å². The molecule has 1 saturated heterocycles. The fraction of sp³-hybridized carbons (Fsp3) is 0.310. The van der Waals surface area contributed by atoms with E-state index < -0.39 is 5.60 Å². The Balaban J connectivity index is 1.16. The summed E-state index contributed by atoms with van der Waals surface area (Å²) >= 11 is 0. The Morgan fingerprint density at radius 1 is 1.05 bits per heavy atom. The van der Waals surface area contributed by atoms with Crippen molar-refractivity contribution in [3.8, 4) is 28.8 Å². The molecule has 1 N–H and O–H groups in total. The summed E-state index contributed by atoms with van der Waals surface area (Å²) in [4.78, 5) is 15.7. The van der Waals surface area contributed by atoms with Gasteiger partial charge in [0.1, 0.15) is 47.4 Å². The molecule has 0 bridgehead atoms. The summed E-state index contributed by atoms with van der Waals surface area (Å²) in [7, 11) is 0. The number of aliphatic hydroxyl groups is 1. The maximum atomic E-state index is 10.2. The third kappa shape index (κ3) is 4.91. The molecule has 0 aromatic carbocycles. The van der Waals surface area contributed by atoms with Crippen molar-refractivity contribution in [2.75, 3.05) is 24.6 Å². The zero-order valence-corrected chi connectivity index (χ0v) is 21.0. The molecule has 192 valence electrons. The smallest absolute Gasteiger partial charge is 0.145 e. The minimum Gasteiger partial charge on any atom is -0.490 e. The minimum atomic E-state index is -0.728. The molecule has 4 aromatic rings. The Kier molecular flexibility index (Phi) is 6.18. The van der Waals surface area contributed by atoms with E-state index >= 15 is 0 Å². The van der Waals surface area contributed by atoms with Crippen LogP contribution in [0.5, 0.6) is 11.5 Å². The molecule has 38 heavy (non-hydrogen) atoms. The van der Waals surface area contributed by atoms with Gasteiger partial charge < -0.3 is 19.5 Å². The van der Waals surface area contributed by atoms with Crippen LogP contribution in [0.3, 0.4) is 0 Å². The van der Waals surface area contributed by atoms with E-state index in [4.69, 9.17) is 14.5 Å².